The summed E-state index contributed by atoms with van der Waals surface area (Å²) >= 11 is 0. The molecule has 1 aliphatic carbocycles. The highest BCUT2D eigenvalue weighted by Gasteiger charge is 2.44. The molecule has 160 valence electrons. The number of nitriles is 1. The topological polar surface area (TPSA) is 125 Å². The van der Waals surface area contributed by atoms with E-state index >= 15 is 0 Å². The molecule has 0 bridgehead atoms. The highest BCUT2D eigenvalue weighted by atomic mass is 16.5. The zero-order valence-electron chi connectivity index (χ0n) is 17.0. The van der Waals surface area contributed by atoms with Crippen LogP contribution in [-0.2, 0) is 6.54 Å². The molecule has 3 aromatic rings. The van der Waals surface area contributed by atoms with E-state index in [0.29, 0.717) is 48.8 Å². The Morgan fingerprint density at radius 2 is 2.16 bits per heavy atom. The van der Waals surface area contributed by atoms with E-state index in [2.05, 4.69) is 21.4 Å². The number of benzene rings is 1. The summed E-state index contributed by atoms with van der Waals surface area (Å²) in [4.78, 5) is 8.58. The van der Waals surface area contributed by atoms with E-state index in [0.717, 1.165) is 16.6 Å². The van der Waals surface area contributed by atoms with Crippen molar-refractivity contribution in [3.8, 4) is 17.6 Å². The number of aryl methyl sites for hydroxylation is 1. The number of nitrogens with one attached hydrogen (secondary N) is 1. The fraction of sp³-hybridized carbons (Fsp3) is 0.409. The van der Waals surface area contributed by atoms with E-state index in [1.165, 1.54) is 6.33 Å². The van der Waals surface area contributed by atoms with Crippen LogP contribution < -0.4 is 14.8 Å². The maximum atomic E-state index is 10.8. The van der Waals surface area contributed by atoms with E-state index in [4.69, 9.17) is 9.47 Å². The van der Waals surface area contributed by atoms with E-state index in [9.17, 15) is 15.5 Å². The van der Waals surface area contributed by atoms with Gasteiger partial charge in [0.2, 0.25) is 0 Å². The fourth-order valence-corrected chi connectivity index (χ4v) is 4.43. The van der Waals surface area contributed by atoms with Crippen molar-refractivity contribution in [2.75, 3.05) is 13.2 Å². The molecule has 4 atom stereocenters. The SMILES string of the molecule is Cc1ncnc2c1ccn2[C@@H]1C[C@H](Oc2cc(C#N)cc3c2CNCCO3)[C@@H](O)[C@H]1O. The number of fused-ring (bicyclic) bond motifs is 2. The maximum absolute atomic E-state index is 10.8. The van der Waals surface area contributed by atoms with Gasteiger partial charge in [0.15, 0.2) is 0 Å². The van der Waals surface area contributed by atoms with Crippen LogP contribution >= 0.6 is 0 Å². The van der Waals surface area contributed by atoms with Gasteiger partial charge in [-0.2, -0.15) is 5.26 Å². The molecule has 0 radical (unpaired) electrons. The van der Waals surface area contributed by atoms with Crippen LogP contribution in [0.2, 0.25) is 0 Å². The van der Waals surface area contributed by atoms with Crippen LogP contribution in [0.1, 0.15) is 29.3 Å². The molecule has 9 nitrogen and oxygen atoms in total. The van der Waals surface area contributed by atoms with Crippen LogP contribution in [0.15, 0.2) is 30.7 Å². The molecule has 1 saturated carbocycles. The van der Waals surface area contributed by atoms with Gasteiger partial charge in [-0.3, -0.25) is 0 Å². The zero-order valence-corrected chi connectivity index (χ0v) is 17.0. The summed E-state index contributed by atoms with van der Waals surface area (Å²) in [6.45, 7) is 3.62. The van der Waals surface area contributed by atoms with Gasteiger partial charge in [0.05, 0.1) is 28.9 Å². The predicted molar refractivity (Wildman–Crippen MR) is 111 cm³/mol. The van der Waals surface area contributed by atoms with E-state index < -0.39 is 24.4 Å². The van der Waals surface area contributed by atoms with E-state index in [-0.39, 0.29) is 0 Å². The lowest BCUT2D eigenvalue weighted by molar-refractivity contribution is -0.0166. The molecule has 0 unspecified atom stereocenters. The van der Waals surface area contributed by atoms with Crippen molar-refractivity contribution >= 4 is 11.0 Å². The van der Waals surface area contributed by atoms with Crippen LogP contribution in [0, 0.1) is 18.3 Å². The first-order valence-electron chi connectivity index (χ1n) is 10.3. The molecule has 1 fully saturated rings. The Labute approximate surface area is 178 Å². The number of nitrogens with zero attached hydrogens (tertiary/aromatic N) is 4. The molecule has 1 aliphatic heterocycles. The Hall–Kier alpha value is -3.19. The summed E-state index contributed by atoms with van der Waals surface area (Å²) < 4.78 is 13.8. The first-order chi connectivity index (χ1) is 15.1. The second-order valence-corrected chi connectivity index (χ2v) is 7.95. The Balaban J connectivity index is 1.46. The highest BCUT2D eigenvalue weighted by Crippen LogP contribution is 2.38. The lowest BCUT2D eigenvalue weighted by Gasteiger charge is -2.21. The Morgan fingerprint density at radius 1 is 1.29 bits per heavy atom. The van der Waals surface area contributed by atoms with E-state index in [1.807, 2.05) is 23.8 Å². The van der Waals surface area contributed by atoms with Crippen molar-refractivity contribution in [2.45, 2.75) is 44.2 Å². The number of hydrogen-bond acceptors (Lipinski definition) is 8. The third-order valence-electron chi connectivity index (χ3n) is 6.08. The van der Waals surface area contributed by atoms with Crippen LogP contribution in [0.5, 0.6) is 11.5 Å². The minimum Gasteiger partial charge on any atom is -0.492 e. The minimum absolute atomic E-state index is 0.384. The summed E-state index contributed by atoms with van der Waals surface area (Å²) in [5.41, 5.74) is 2.79. The number of hydrogen-bond donors (Lipinski definition) is 3. The summed E-state index contributed by atoms with van der Waals surface area (Å²) in [7, 11) is 0. The molecule has 3 heterocycles. The van der Waals surface area contributed by atoms with Crippen LogP contribution in [0.3, 0.4) is 0 Å². The van der Waals surface area contributed by atoms with Crippen molar-refractivity contribution in [3.05, 3.63) is 47.5 Å². The molecule has 0 saturated heterocycles. The monoisotopic (exact) mass is 421 g/mol. The molecule has 3 N–H and O–H groups in total. The Kier molecular flexibility index (Phi) is 4.98. The van der Waals surface area contributed by atoms with Crippen molar-refractivity contribution in [3.63, 3.8) is 0 Å². The van der Waals surface area contributed by atoms with Gasteiger partial charge in [-0.25, -0.2) is 9.97 Å². The Morgan fingerprint density at radius 3 is 3.00 bits per heavy atom. The zero-order chi connectivity index (χ0) is 21.5. The number of aliphatic hydroxyl groups is 2. The molecule has 1 aromatic carbocycles. The molecule has 5 rings (SSSR count). The average molecular weight is 421 g/mol. The summed E-state index contributed by atoms with van der Waals surface area (Å²) in [5.74, 6) is 1.09. The Bertz CT molecular complexity index is 1170. The quantitative estimate of drug-likeness (QED) is 0.576. The number of aromatic nitrogens is 3. The number of ether oxygens (including phenoxy) is 2. The minimum atomic E-state index is -1.09. The third-order valence-corrected chi connectivity index (χ3v) is 6.08. The van der Waals surface area contributed by atoms with Gasteiger partial charge in [-0.15, -0.1) is 0 Å². The summed E-state index contributed by atoms with van der Waals surface area (Å²) in [6.07, 6.45) is 0.969. The largest absolute Gasteiger partial charge is 0.492 e. The molecular weight excluding hydrogens is 398 g/mol. The fourth-order valence-electron chi connectivity index (χ4n) is 4.43. The van der Waals surface area contributed by atoms with Gasteiger partial charge in [0.25, 0.3) is 0 Å². The predicted octanol–water partition coefficient (Wildman–Crippen LogP) is 1.21. The summed E-state index contributed by atoms with van der Waals surface area (Å²) in [5, 5.41) is 35.1. The molecule has 31 heavy (non-hydrogen) atoms. The first kappa shape index (κ1) is 19.8. The molecular formula is C22H23N5O4. The van der Waals surface area contributed by atoms with Crippen molar-refractivity contribution in [1.29, 1.82) is 5.26 Å². The van der Waals surface area contributed by atoms with Gasteiger partial charge in [0, 0.05) is 31.1 Å². The van der Waals surface area contributed by atoms with Crippen molar-refractivity contribution < 1.29 is 19.7 Å². The lowest BCUT2D eigenvalue weighted by Crippen LogP contribution is -2.34. The normalized spacial score (nSPS) is 25.5. The smallest absolute Gasteiger partial charge is 0.143 e. The highest BCUT2D eigenvalue weighted by molar-refractivity contribution is 5.78. The second kappa shape index (κ2) is 7.81. The lowest BCUT2D eigenvalue weighted by atomic mass is 10.1. The summed E-state index contributed by atoms with van der Waals surface area (Å²) in [6, 6.07) is 7.00. The molecule has 2 aliphatic rings. The maximum Gasteiger partial charge on any atom is 0.143 e. The van der Waals surface area contributed by atoms with Gasteiger partial charge >= 0.3 is 0 Å². The van der Waals surface area contributed by atoms with Gasteiger partial charge in [-0.1, -0.05) is 0 Å². The second-order valence-electron chi connectivity index (χ2n) is 7.95. The number of aliphatic hydroxyl groups excluding tert-OH is 2. The van der Waals surface area contributed by atoms with Gasteiger partial charge < -0.3 is 29.6 Å². The van der Waals surface area contributed by atoms with Gasteiger partial charge in [0.1, 0.15) is 48.4 Å². The number of rotatable bonds is 3. The van der Waals surface area contributed by atoms with Crippen molar-refractivity contribution in [2.24, 2.45) is 0 Å². The first-order valence-corrected chi connectivity index (χ1v) is 10.3. The van der Waals surface area contributed by atoms with E-state index in [1.54, 1.807) is 12.1 Å². The third kappa shape index (κ3) is 3.39. The molecule has 0 amide bonds. The standard InChI is InChI=1S/C22H23N5O4/c1-12-14-2-4-27(22(14)26-11-25-12)16-8-19(21(29)20(16)28)31-18-7-13(9-23)6-17-15(18)10-24-3-5-30-17/h2,4,6-7,11,16,19-21,24,28-29H,3,5,8,10H2,1H3/t16-,19+,20+,21-/m1/s1. The van der Waals surface area contributed by atoms with Crippen LogP contribution in [0.25, 0.3) is 11.0 Å². The average Bonchev–Trinajstić information content (AvgIpc) is 3.21. The van der Waals surface area contributed by atoms with Crippen LogP contribution in [0.4, 0.5) is 0 Å². The van der Waals surface area contributed by atoms with Gasteiger partial charge in [-0.05, 0) is 25.1 Å². The molecule has 0 spiro atoms. The molecule has 2 aromatic heterocycles. The van der Waals surface area contributed by atoms with Crippen molar-refractivity contribution in [1.82, 2.24) is 19.9 Å². The van der Waals surface area contributed by atoms with Crippen LogP contribution in [-0.4, -0.2) is 56.2 Å². The molecule has 9 heteroatoms.